The maximum atomic E-state index is 12.1. The summed E-state index contributed by atoms with van der Waals surface area (Å²) in [6, 6.07) is 2.10. The van der Waals surface area contributed by atoms with Crippen LogP contribution in [0.15, 0.2) is 6.07 Å². The van der Waals surface area contributed by atoms with Gasteiger partial charge in [0.15, 0.2) is 0 Å². The number of carbonyl (C=O) groups is 2. The summed E-state index contributed by atoms with van der Waals surface area (Å²) in [5.41, 5.74) is 1.32. The zero-order chi connectivity index (χ0) is 14.5. The van der Waals surface area contributed by atoms with Crippen LogP contribution in [0.3, 0.4) is 0 Å². The Bertz CT molecular complexity index is 471. The number of rotatable bonds is 4. The smallest absolute Gasteiger partial charge is 0.261 e. The van der Waals surface area contributed by atoms with Gasteiger partial charge in [-0.3, -0.25) is 9.59 Å². The average Bonchev–Trinajstić information content (AvgIpc) is 2.67. The van der Waals surface area contributed by atoms with Crippen molar-refractivity contribution >= 4 is 23.2 Å². The van der Waals surface area contributed by atoms with Crippen LogP contribution in [0.25, 0.3) is 0 Å². The lowest BCUT2D eigenvalue weighted by molar-refractivity contribution is -0.120. The van der Waals surface area contributed by atoms with Crippen LogP contribution in [-0.4, -0.2) is 24.4 Å². The molecule has 4 nitrogen and oxygen atoms in total. The minimum atomic E-state index is -0.147. The summed E-state index contributed by atoms with van der Waals surface area (Å²) < 4.78 is 0. The van der Waals surface area contributed by atoms with E-state index < -0.39 is 0 Å². The van der Waals surface area contributed by atoms with Gasteiger partial charge in [0.25, 0.3) is 5.91 Å². The van der Waals surface area contributed by atoms with E-state index in [4.69, 9.17) is 0 Å². The lowest BCUT2D eigenvalue weighted by atomic mass is 10.1. The van der Waals surface area contributed by atoms with E-state index in [1.807, 2.05) is 19.9 Å². The monoisotopic (exact) mass is 294 g/mol. The van der Waals surface area contributed by atoms with Crippen molar-refractivity contribution in [2.24, 2.45) is 0 Å². The minimum absolute atomic E-state index is 0.0412. The molecule has 5 heteroatoms. The molecule has 0 spiro atoms. The number of amides is 2. The lowest BCUT2D eigenvalue weighted by Crippen LogP contribution is -2.39. The predicted octanol–water partition coefficient (Wildman–Crippen LogP) is 2.27. The van der Waals surface area contributed by atoms with Gasteiger partial charge < -0.3 is 10.6 Å². The first-order valence-corrected chi connectivity index (χ1v) is 8.07. The molecule has 2 amide bonds. The van der Waals surface area contributed by atoms with Gasteiger partial charge in [-0.2, -0.15) is 0 Å². The van der Waals surface area contributed by atoms with Crippen LogP contribution in [0.1, 0.15) is 53.2 Å². The summed E-state index contributed by atoms with van der Waals surface area (Å²) in [7, 11) is 0. The van der Waals surface area contributed by atoms with E-state index in [1.54, 1.807) is 11.3 Å². The van der Waals surface area contributed by atoms with Gasteiger partial charge in [0.2, 0.25) is 5.91 Å². The fourth-order valence-electron chi connectivity index (χ4n) is 2.40. The highest BCUT2D eigenvalue weighted by molar-refractivity contribution is 7.14. The van der Waals surface area contributed by atoms with Crippen molar-refractivity contribution in [1.29, 1.82) is 0 Å². The molecule has 1 aromatic heterocycles. The van der Waals surface area contributed by atoms with Crippen molar-refractivity contribution in [3.8, 4) is 0 Å². The quantitative estimate of drug-likeness (QED) is 0.837. The largest absolute Gasteiger partial charge is 0.352 e. The molecule has 1 heterocycles. The van der Waals surface area contributed by atoms with E-state index in [0.29, 0.717) is 0 Å². The third kappa shape index (κ3) is 4.07. The molecule has 1 aliphatic rings. The number of hydrogen-bond donors (Lipinski definition) is 2. The van der Waals surface area contributed by atoms with Crippen LogP contribution < -0.4 is 10.6 Å². The van der Waals surface area contributed by atoms with Crippen LogP contribution in [0.5, 0.6) is 0 Å². The van der Waals surface area contributed by atoms with Gasteiger partial charge >= 0.3 is 0 Å². The van der Waals surface area contributed by atoms with Gasteiger partial charge in [-0.15, -0.1) is 11.3 Å². The highest BCUT2D eigenvalue weighted by Gasteiger charge is 2.16. The van der Waals surface area contributed by atoms with Crippen molar-refractivity contribution in [2.45, 2.75) is 52.0 Å². The summed E-state index contributed by atoms with van der Waals surface area (Å²) in [5, 5.41) is 5.44. The Morgan fingerprint density at radius 2 is 2.00 bits per heavy atom. The molecule has 1 aliphatic carbocycles. The van der Waals surface area contributed by atoms with Crippen LogP contribution in [-0.2, 0) is 17.6 Å². The van der Waals surface area contributed by atoms with Crippen LogP contribution >= 0.6 is 11.3 Å². The predicted molar refractivity (Wildman–Crippen MR) is 81.2 cm³/mol. The number of thiophene rings is 1. The minimum Gasteiger partial charge on any atom is -0.352 e. The summed E-state index contributed by atoms with van der Waals surface area (Å²) >= 11 is 1.58. The standard InChI is InChI=1S/C15H22N2O2S/c1-10(2)17-14(18)9-16-15(19)13-8-11-6-4-3-5-7-12(11)20-13/h8,10H,3-7,9H2,1-2H3,(H,16,19)(H,17,18). The summed E-state index contributed by atoms with van der Waals surface area (Å²) in [6.07, 6.45) is 5.86. The van der Waals surface area contributed by atoms with Crippen LogP contribution in [0.4, 0.5) is 0 Å². The maximum Gasteiger partial charge on any atom is 0.261 e. The van der Waals surface area contributed by atoms with Crippen molar-refractivity contribution in [3.05, 3.63) is 21.4 Å². The number of fused-ring (bicyclic) bond motifs is 1. The number of aryl methyl sites for hydroxylation is 2. The highest BCUT2D eigenvalue weighted by Crippen LogP contribution is 2.28. The molecule has 0 unspecified atom stereocenters. The molecule has 0 aromatic carbocycles. The zero-order valence-corrected chi connectivity index (χ0v) is 12.9. The van der Waals surface area contributed by atoms with Gasteiger partial charge in [-0.1, -0.05) is 6.42 Å². The molecule has 0 aliphatic heterocycles. The third-order valence-electron chi connectivity index (χ3n) is 3.33. The molecule has 2 rings (SSSR count). The molecule has 20 heavy (non-hydrogen) atoms. The SMILES string of the molecule is CC(C)NC(=O)CNC(=O)c1cc2c(s1)CCCCC2. The normalized spacial score (nSPS) is 14.6. The highest BCUT2D eigenvalue weighted by atomic mass is 32.1. The fourth-order valence-corrected chi connectivity index (χ4v) is 3.57. The molecule has 1 aromatic rings. The molecular weight excluding hydrogens is 272 g/mol. The van der Waals surface area contributed by atoms with Crippen molar-refractivity contribution in [3.63, 3.8) is 0 Å². The van der Waals surface area contributed by atoms with Crippen LogP contribution in [0.2, 0.25) is 0 Å². The molecule has 0 atom stereocenters. The Balaban J connectivity index is 1.91. The second-order valence-corrected chi connectivity index (χ2v) is 6.66. The Kier molecular flexibility index (Phi) is 5.17. The van der Waals surface area contributed by atoms with Gasteiger partial charge in [-0.05, 0) is 51.2 Å². The first kappa shape index (κ1) is 15.0. The molecule has 2 N–H and O–H groups in total. The van der Waals surface area contributed by atoms with Crippen molar-refractivity contribution in [2.75, 3.05) is 6.54 Å². The number of carbonyl (C=O) groups excluding carboxylic acids is 2. The van der Waals surface area contributed by atoms with Crippen molar-refractivity contribution < 1.29 is 9.59 Å². The Labute approximate surface area is 124 Å². The van der Waals surface area contributed by atoms with Gasteiger partial charge in [0, 0.05) is 10.9 Å². The second kappa shape index (κ2) is 6.88. The first-order chi connectivity index (χ1) is 9.56. The molecule has 0 radical (unpaired) electrons. The van der Waals surface area contributed by atoms with E-state index in [9.17, 15) is 9.59 Å². The van der Waals surface area contributed by atoms with E-state index in [-0.39, 0.29) is 24.4 Å². The van der Waals surface area contributed by atoms with E-state index in [1.165, 1.54) is 29.7 Å². The van der Waals surface area contributed by atoms with Gasteiger partial charge in [0.1, 0.15) is 0 Å². The molecule has 0 bridgehead atoms. The summed E-state index contributed by atoms with van der Waals surface area (Å²) in [6.45, 7) is 3.84. The topological polar surface area (TPSA) is 58.2 Å². The first-order valence-electron chi connectivity index (χ1n) is 7.25. The zero-order valence-electron chi connectivity index (χ0n) is 12.1. The van der Waals surface area contributed by atoms with E-state index in [0.717, 1.165) is 17.7 Å². The molecule has 0 saturated heterocycles. The molecule has 0 fully saturated rings. The maximum absolute atomic E-state index is 12.1. The Morgan fingerprint density at radius 1 is 1.25 bits per heavy atom. The van der Waals surface area contributed by atoms with E-state index in [2.05, 4.69) is 10.6 Å². The number of nitrogens with one attached hydrogen (secondary N) is 2. The van der Waals surface area contributed by atoms with E-state index >= 15 is 0 Å². The molecular formula is C15H22N2O2S. The fraction of sp³-hybridized carbons (Fsp3) is 0.600. The van der Waals surface area contributed by atoms with Crippen LogP contribution in [0, 0.1) is 0 Å². The van der Waals surface area contributed by atoms with Gasteiger partial charge in [-0.25, -0.2) is 0 Å². The molecule has 110 valence electrons. The third-order valence-corrected chi connectivity index (χ3v) is 4.57. The second-order valence-electron chi connectivity index (χ2n) is 5.52. The lowest BCUT2D eigenvalue weighted by Gasteiger charge is -2.08. The Morgan fingerprint density at radius 3 is 2.75 bits per heavy atom. The van der Waals surface area contributed by atoms with Crippen molar-refractivity contribution in [1.82, 2.24) is 10.6 Å². The average molecular weight is 294 g/mol. The Hall–Kier alpha value is -1.36. The summed E-state index contributed by atoms with van der Waals surface area (Å²) in [4.78, 5) is 25.6. The number of hydrogen-bond acceptors (Lipinski definition) is 3. The molecule has 0 saturated carbocycles. The van der Waals surface area contributed by atoms with Gasteiger partial charge in [0.05, 0.1) is 11.4 Å². The summed E-state index contributed by atoms with van der Waals surface area (Å²) in [5.74, 6) is -0.284.